The highest BCUT2D eigenvalue weighted by Crippen LogP contribution is 2.35. The quantitative estimate of drug-likeness (QED) is 0.707. The first-order valence-electron chi connectivity index (χ1n) is 10.2. The summed E-state index contributed by atoms with van der Waals surface area (Å²) in [7, 11) is 0. The van der Waals surface area contributed by atoms with Gasteiger partial charge < -0.3 is 19.6 Å². The van der Waals surface area contributed by atoms with Gasteiger partial charge in [0.1, 0.15) is 5.52 Å². The molecule has 2 atom stereocenters. The number of morpholine rings is 1. The van der Waals surface area contributed by atoms with Gasteiger partial charge in [-0.3, -0.25) is 0 Å². The lowest BCUT2D eigenvalue weighted by molar-refractivity contribution is 0.101. The van der Waals surface area contributed by atoms with Crippen LogP contribution in [-0.4, -0.2) is 59.9 Å². The number of rotatable bonds is 4. The molecule has 7 nitrogen and oxygen atoms in total. The molecular weight excluding hydrogens is 386 g/mol. The van der Waals surface area contributed by atoms with Crippen molar-refractivity contribution in [2.24, 2.45) is 5.92 Å². The third-order valence-corrected chi connectivity index (χ3v) is 6.87. The van der Waals surface area contributed by atoms with E-state index >= 15 is 0 Å². The zero-order valence-corrected chi connectivity index (χ0v) is 17.1. The summed E-state index contributed by atoms with van der Waals surface area (Å²) in [6.07, 6.45) is 1.63. The van der Waals surface area contributed by atoms with Crippen LogP contribution in [0.5, 0.6) is 0 Å². The van der Waals surface area contributed by atoms with Crippen LogP contribution in [0.2, 0.25) is 0 Å². The molecule has 2 saturated heterocycles. The molecule has 0 aliphatic carbocycles. The van der Waals surface area contributed by atoms with Crippen molar-refractivity contribution >= 4 is 33.7 Å². The van der Waals surface area contributed by atoms with Gasteiger partial charge in [0.05, 0.1) is 19.3 Å². The van der Waals surface area contributed by atoms with E-state index in [9.17, 15) is 5.11 Å². The minimum atomic E-state index is -0.424. The SMILES string of the molecule is OC(c1cccs1)[C@H]1CCCN(c2nnnc3cc(N4CCOCC4)ccc23)C1. The number of nitrogens with zero attached hydrogens (tertiary/aromatic N) is 5. The maximum Gasteiger partial charge on any atom is 0.162 e. The van der Waals surface area contributed by atoms with E-state index in [0.29, 0.717) is 0 Å². The first-order chi connectivity index (χ1) is 14.3. The largest absolute Gasteiger partial charge is 0.387 e. The third-order valence-electron chi connectivity index (χ3n) is 5.93. The summed E-state index contributed by atoms with van der Waals surface area (Å²) in [5.41, 5.74) is 2.01. The molecule has 2 aromatic heterocycles. The van der Waals surface area contributed by atoms with E-state index in [4.69, 9.17) is 4.74 Å². The molecule has 0 spiro atoms. The number of anilines is 2. The van der Waals surface area contributed by atoms with Crippen molar-refractivity contribution in [3.05, 3.63) is 40.6 Å². The first-order valence-corrected chi connectivity index (χ1v) is 11.1. The second-order valence-corrected chi connectivity index (χ2v) is 8.70. The topological polar surface area (TPSA) is 74.6 Å². The number of piperidine rings is 1. The molecule has 29 heavy (non-hydrogen) atoms. The molecule has 0 amide bonds. The van der Waals surface area contributed by atoms with E-state index in [1.165, 1.54) is 0 Å². The first kappa shape index (κ1) is 18.7. The van der Waals surface area contributed by atoms with Crippen LogP contribution in [0, 0.1) is 5.92 Å². The predicted molar refractivity (Wildman–Crippen MR) is 115 cm³/mol. The Morgan fingerprint density at radius 2 is 2.00 bits per heavy atom. The summed E-state index contributed by atoms with van der Waals surface area (Å²) in [4.78, 5) is 5.62. The molecule has 0 radical (unpaired) electrons. The number of aliphatic hydroxyl groups is 1. The molecule has 8 heteroatoms. The lowest BCUT2D eigenvalue weighted by Crippen LogP contribution is -2.38. The van der Waals surface area contributed by atoms with Crippen molar-refractivity contribution in [3.63, 3.8) is 0 Å². The third kappa shape index (κ3) is 3.80. The number of fused-ring (bicyclic) bond motifs is 1. The minimum absolute atomic E-state index is 0.194. The number of hydrogen-bond donors (Lipinski definition) is 1. The fraction of sp³-hybridized carbons (Fsp3) is 0.476. The molecule has 3 aromatic rings. The van der Waals surface area contributed by atoms with Crippen LogP contribution in [0.15, 0.2) is 35.7 Å². The van der Waals surface area contributed by atoms with Gasteiger partial charge in [-0.05, 0) is 47.7 Å². The number of ether oxygens (including phenoxy) is 1. The highest BCUT2D eigenvalue weighted by atomic mass is 32.1. The van der Waals surface area contributed by atoms with Crippen LogP contribution in [-0.2, 0) is 4.74 Å². The predicted octanol–water partition coefficient (Wildman–Crippen LogP) is 2.87. The Balaban J connectivity index is 1.40. The van der Waals surface area contributed by atoms with Crippen molar-refractivity contribution in [1.29, 1.82) is 0 Å². The van der Waals surface area contributed by atoms with E-state index < -0.39 is 6.10 Å². The molecule has 2 aliphatic heterocycles. The van der Waals surface area contributed by atoms with Crippen LogP contribution in [0.4, 0.5) is 11.5 Å². The van der Waals surface area contributed by atoms with Gasteiger partial charge in [-0.1, -0.05) is 6.07 Å². The summed E-state index contributed by atoms with van der Waals surface area (Å²) in [5, 5.41) is 26.6. The molecule has 0 saturated carbocycles. The molecule has 1 unspecified atom stereocenters. The van der Waals surface area contributed by atoms with E-state index in [1.807, 2.05) is 17.5 Å². The standard InChI is InChI=1S/C21H25N5O2S/c27-20(19-4-2-12-29-19)15-3-1-7-26(14-15)21-17-6-5-16(13-18(17)22-24-23-21)25-8-10-28-11-9-25/h2,4-6,12-13,15,20,27H,1,3,7-11,14H2/t15-,20?/m0/s1. The fourth-order valence-electron chi connectivity index (χ4n) is 4.36. The van der Waals surface area contributed by atoms with Crippen molar-refractivity contribution in [2.45, 2.75) is 18.9 Å². The molecule has 2 aliphatic rings. The Hall–Kier alpha value is -2.29. The molecule has 0 bridgehead atoms. The van der Waals surface area contributed by atoms with E-state index in [2.05, 4.69) is 43.4 Å². The Morgan fingerprint density at radius 1 is 1.10 bits per heavy atom. The smallest absolute Gasteiger partial charge is 0.162 e. The maximum atomic E-state index is 10.8. The fourth-order valence-corrected chi connectivity index (χ4v) is 5.17. The summed E-state index contributed by atoms with van der Waals surface area (Å²) in [5.74, 6) is 1.06. The summed E-state index contributed by atoms with van der Waals surface area (Å²) in [6.45, 7) is 5.00. The lowest BCUT2D eigenvalue weighted by atomic mass is 9.91. The van der Waals surface area contributed by atoms with Crippen LogP contribution in [0.25, 0.3) is 10.9 Å². The van der Waals surface area contributed by atoms with E-state index in [0.717, 1.165) is 79.5 Å². The second-order valence-electron chi connectivity index (χ2n) is 7.72. The zero-order chi connectivity index (χ0) is 19.6. The Morgan fingerprint density at radius 3 is 2.83 bits per heavy atom. The lowest BCUT2D eigenvalue weighted by Gasteiger charge is -2.35. The molecule has 1 N–H and O–H groups in total. The van der Waals surface area contributed by atoms with Crippen molar-refractivity contribution < 1.29 is 9.84 Å². The number of benzene rings is 1. The van der Waals surface area contributed by atoms with Gasteiger partial charge in [-0.25, -0.2) is 0 Å². The van der Waals surface area contributed by atoms with Crippen LogP contribution in [0.1, 0.15) is 23.8 Å². The summed E-state index contributed by atoms with van der Waals surface area (Å²) < 4.78 is 5.46. The average Bonchev–Trinajstić information content (AvgIpc) is 3.33. The van der Waals surface area contributed by atoms with Crippen molar-refractivity contribution in [3.8, 4) is 0 Å². The average molecular weight is 412 g/mol. The van der Waals surface area contributed by atoms with Gasteiger partial charge in [-0.15, -0.1) is 21.5 Å². The van der Waals surface area contributed by atoms with Crippen molar-refractivity contribution in [2.75, 3.05) is 49.2 Å². The molecule has 152 valence electrons. The maximum absolute atomic E-state index is 10.8. The Bertz CT molecular complexity index is 961. The highest BCUT2D eigenvalue weighted by molar-refractivity contribution is 7.10. The number of aromatic nitrogens is 3. The van der Waals surface area contributed by atoms with Crippen LogP contribution < -0.4 is 9.80 Å². The van der Waals surface area contributed by atoms with Gasteiger partial charge >= 0.3 is 0 Å². The summed E-state index contributed by atoms with van der Waals surface area (Å²) in [6, 6.07) is 10.4. The van der Waals surface area contributed by atoms with Gasteiger partial charge in [0.25, 0.3) is 0 Å². The highest BCUT2D eigenvalue weighted by Gasteiger charge is 2.29. The molecule has 5 rings (SSSR count). The van der Waals surface area contributed by atoms with Crippen molar-refractivity contribution in [1.82, 2.24) is 15.4 Å². The van der Waals surface area contributed by atoms with Crippen LogP contribution in [0.3, 0.4) is 0 Å². The van der Waals surface area contributed by atoms with Gasteiger partial charge in [0.15, 0.2) is 5.82 Å². The Labute approximate surface area is 173 Å². The number of aliphatic hydroxyl groups excluding tert-OH is 1. The molecular formula is C21H25N5O2S. The van der Waals surface area contributed by atoms with E-state index in [1.54, 1.807) is 11.3 Å². The van der Waals surface area contributed by atoms with Gasteiger partial charge in [0, 0.05) is 48.0 Å². The van der Waals surface area contributed by atoms with Gasteiger partial charge in [-0.2, -0.15) is 0 Å². The van der Waals surface area contributed by atoms with E-state index in [-0.39, 0.29) is 5.92 Å². The number of hydrogen-bond acceptors (Lipinski definition) is 8. The summed E-state index contributed by atoms with van der Waals surface area (Å²) >= 11 is 1.62. The van der Waals surface area contributed by atoms with Crippen LogP contribution >= 0.6 is 11.3 Å². The zero-order valence-electron chi connectivity index (χ0n) is 16.3. The molecule has 4 heterocycles. The normalized spacial score (nSPS) is 21.5. The second kappa shape index (κ2) is 8.22. The molecule has 2 fully saturated rings. The Kier molecular flexibility index (Phi) is 5.30. The van der Waals surface area contributed by atoms with Gasteiger partial charge in [0.2, 0.25) is 0 Å². The molecule has 1 aromatic carbocycles. The monoisotopic (exact) mass is 411 g/mol. The minimum Gasteiger partial charge on any atom is -0.387 e. The number of thiophene rings is 1.